The number of aromatic hydroxyl groups is 1. The maximum absolute atomic E-state index is 11.0. The van der Waals surface area contributed by atoms with Crippen LogP contribution in [0.4, 0.5) is 0 Å². The molecule has 1 aromatic rings. The Bertz CT molecular complexity index is 396. The third-order valence-electron chi connectivity index (χ3n) is 2.63. The molecule has 0 saturated heterocycles. The lowest BCUT2D eigenvalue weighted by Crippen LogP contribution is -2.19. The molecule has 1 aliphatic carbocycles. The lowest BCUT2D eigenvalue weighted by atomic mass is 9.95. The molecule has 0 atom stereocenters. The molecule has 0 aromatic heterocycles. The van der Waals surface area contributed by atoms with E-state index in [-0.39, 0.29) is 5.75 Å². The number of aliphatic carboxylic acids is 1. The normalized spacial score (nSPS) is 17.8. The first-order valence-electron chi connectivity index (χ1n) is 4.29. The van der Waals surface area contributed by atoms with Crippen LogP contribution in [0.3, 0.4) is 0 Å². The summed E-state index contributed by atoms with van der Waals surface area (Å²) in [6, 6.07) is 4.88. The quantitative estimate of drug-likeness (QED) is 0.854. The van der Waals surface area contributed by atoms with Gasteiger partial charge in [-0.3, -0.25) is 4.79 Å². The van der Waals surface area contributed by atoms with Gasteiger partial charge < -0.3 is 10.2 Å². The van der Waals surface area contributed by atoms with E-state index in [2.05, 4.69) is 15.9 Å². The summed E-state index contributed by atoms with van der Waals surface area (Å²) in [7, 11) is 0. The summed E-state index contributed by atoms with van der Waals surface area (Å²) in [5.74, 6) is -0.793. The molecular weight excluding hydrogens is 248 g/mol. The van der Waals surface area contributed by atoms with Crippen molar-refractivity contribution in [2.75, 3.05) is 0 Å². The average molecular weight is 257 g/mol. The highest BCUT2D eigenvalue weighted by molar-refractivity contribution is 9.10. The number of hydrogen-bond acceptors (Lipinski definition) is 2. The maximum Gasteiger partial charge on any atom is 0.314 e. The lowest BCUT2D eigenvalue weighted by Gasteiger charge is -2.12. The van der Waals surface area contributed by atoms with Gasteiger partial charge in [0.05, 0.1) is 5.41 Å². The van der Waals surface area contributed by atoms with Crippen molar-refractivity contribution in [1.82, 2.24) is 0 Å². The first kappa shape index (κ1) is 9.52. The Morgan fingerprint density at radius 2 is 2.07 bits per heavy atom. The summed E-state index contributed by atoms with van der Waals surface area (Å²) >= 11 is 3.26. The van der Waals surface area contributed by atoms with E-state index in [0.29, 0.717) is 18.4 Å². The van der Waals surface area contributed by atoms with Crippen LogP contribution in [0.1, 0.15) is 18.4 Å². The van der Waals surface area contributed by atoms with Crippen molar-refractivity contribution < 1.29 is 15.0 Å². The van der Waals surface area contributed by atoms with E-state index < -0.39 is 11.4 Å². The van der Waals surface area contributed by atoms with E-state index in [4.69, 9.17) is 5.11 Å². The van der Waals surface area contributed by atoms with E-state index >= 15 is 0 Å². The van der Waals surface area contributed by atoms with Gasteiger partial charge >= 0.3 is 5.97 Å². The molecule has 3 nitrogen and oxygen atoms in total. The second kappa shape index (κ2) is 2.98. The summed E-state index contributed by atoms with van der Waals surface area (Å²) in [5.41, 5.74) is -0.326. The minimum Gasteiger partial charge on any atom is -0.508 e. The first-order valence-corrected chi connectivity index (χ1v) is 5.08. The van der Waals surface area contributed by atoms with Crippen molar-refractivity contribution in [1.29, 1.82) is 0 Å². The van der Waals surface area contributed by atoms with Crippen molar-refractivity contribution in [2.24, 2.45) is 0 Å². The predicted octanol–water partition coefficient (Wildman–Crippen LogP) is 2.27. The highest BCUT2D eigenvalue weighted by Crippen LogP contribution is 2.51. The molecule has 0 heterocycles. The second-order valence-corrected chi connectivity index (χ2v) is 4.46. The number of carboxylic acids is 1. The first-order chi connectivity index (χ1) is 6.56. The van der Waals surface area contributed by atoms with Gasteiger partial charge in [-0.1, -0.05) is 15.9 Å². The molecule has 0 spiro atoms. The van der Waals surface area contributed by atoms with Crippen LogP contribution in [-0.2, 0) is 10.2 Å². The van der Waals surface area contributed by atoms with Gasteiger partial charge in [0.25, 0.3) is 0 Å². The average Bonchev–Trinajstić information content (AvgIpc) is 2.90. The van der Waals surface area contributed by atoms with Gasteiger partial charge in [0.15, 0.2) is 0 Å². The standard InChI is InChI=1S/C10H9BrO3/c11-6-1-2-8(12)7(5-6)10(3-4-10)9(13)14/h1-2,5,12H,3-4H2,(H,13,14). The van der Waals surface area contributed by atoms with Crippen molar-refractivity contribution in [3.05, 3.63) is 28.2 Å². The largest absolute Gasteiger partial charge is 0.508 e. The minimum absolute atomic E-state index is 0.0631. The molecular formula is C10H9BrO3. The van der Waals surface area contributed by atoms with Crippen LogP contribution in [0, 0.1) is 0 Å². The molecule has 2 rings (SSSR count). The number of halogens is 1. The van der Waals surface area contributed by atoms with Crippen LogP contribution in [-0.4, -0.2) is 16.2 Å². The van der Waals surface area contributed by atoms with Gasteiger partial charge in [0.2, 0.25) is 0 Å². The molecule has 0 unspecified atom stereocenters. The molecule has 1 saturated carbocycles. The Labute approximate surface area is 89.5 Å². The van der Waals surface area contributed by atoms with E-state index in [0.717, 1.165) is 4.47 Å². The Kier molecular flexibility index (Phi) is 2.03. The molecule has 0 aliphatic heterocycles. The fraction of sp³-hybridized carbons (Fsp3) is 0.300. The van der Waals surface area contributed by atoms with E-state index in [1.807, 2.05) is 0 Å². The number of rotatable bonds is 2. The molecule has 1 aliphatic rings. The van der Waals surface area contributed by atoms with Gasteiger partial charge in [0, 0.05) is 10.0 Å². The van der Waals surface area contributed by atoms with Crippen LogP contribution in [0.2, 0.25) is 0 Å². The highest BCUT2D eigenvalue weighted by atomic mass is 79.9. The van der Waals surface area contributed by atoms with Crippen LogP contribution in [0.15, 0.2) is 22.7 Å². The van der Waals surface area contributed by atoms with E-state index in [9.17, 15) is 9.90 Å². The lowest BCUT2D eigenvalue weighted by molar-refractivity contribution is -0.140. The van der Waals surface area contributed by atoms with Gasteiger partial charge in [-0.25, -0.2) is 0 Å². The summed E-state index contributed by atoms with van der Waals surface area (Å²) < 4.78 is 0.790. The van der Waals surface area contributed by atoms with Crippen molar-refractivity contribution in [3.8, 4) is 5.75 Å². The molecule has 0 amide bonds. The molecule has 14 heavy (non-hydrogen) atoms. The fourth-order valence-electron chi connectivity index (χ4n) is 1.61. The molecule has 74 valence electrons. The number of phenolic OH excluding ortho intramolecular Hbond substituents is 1. The molecule has 4 heteroatoms. The van der Waals surface area contributed by atoms with Crippen LogP contribution in [0.25, 0.3) is 0 Å². The molecule has 1 aromatic carbocycles. The number of phenols is 1. The van der Waals surface area contributed by atoms with Crippen molar-refractivity contribution in [2.45, 2.75) is 18.3 Å². The predicted molar refractivity (Wildman–Crippen MR) is 54.4 cm³/mol. The maximum atomic E-state index is 11.0. The fourth-order valence-corrected chi connectivity index (χ4v) is 1.98. The van der Waals surface area contributed by atoms with Crippen LogP contribution >= 0.6 is 15.9 Å². The topological polar surface area (TPSA) is 57.5 Å². The van der Waals surface area contributed by atoms with Gasteiger partial charge in [-0.15, -0.1) is 0 Å². The minimum atomic E-state index is -0.856. The molecule has 0 bridgehead atoms. The Morgan fingerprint density at radius 3 is 2.57 bits per heavy atom. The van der Waals surface area contributed by atoms with Crippen molar-refractivity contribution in [3.63, 3.8) is 0 Å². The summed E-state index contributed by atoms with van der Waals surface area (Å²) in [6.45, 7) is 0. The third-order valence-corrected chi connectivity index (χ3v) is 3.13. The Balaban J connectivity index is 2.51. The third kappa shape index (κ3) is 1.30. The number of benzene rings is 1. The Hall–Kier alpha value is -1.03. The monoisotopic (exact) mass is 256 g/mol. The molecule has 0 radical (unpaired) electrons. The van der Waals surface area contributed by atoms with E-state index in [1.54, 1.807) is 12.1 Å². The zero-order chi connectivity index (χ0) is 10.3. The van der Waals surface area contributed by atoms with Gasteiger partial charge in [-0.2, -0.15) is 0 Å². The van der Waals surface area contributed by atoms with E-state index in [1.165, 1.54) is 6.07 Å². The zero-order valence-corrected chi connectivity index (χ0v) is 8.91. The summed E-state index contributed by atoms with van der Waals surface area (Å²) in [6.07, 6.45) is 1.21. The van der Waals surface area contributed by atoms with Gasteiger partial charge in [-0.05, 0) is 31.0 Å². The second-order valence-electron chi connectivity index (χ2n) is 3.55. The number of carboxylic acid groups (broad SMARTS) is 1. The summed E-state index contributed by atoms with van der Waals surface area (Å²) in [5, 5.41) is 18.6. The van der Waals surface area contributed by atoms with Crippen LogP contribution in [0.5, 0.6) is 5.75 Å². The Morgan fingerprint density at radius 1 is 1.43 bits per heavy atom. The number of carbonyl (C=O) groups is 1. The summed E-state index contributed by atoms with van der Waals surface area (Å²) in [4.78, 5) is 11.0. The number of hydrogen-bond donors (Lipinski definition) is 2. The SMILES string of the molecule is O=C(O)C1(c2cc(Br)ccc2O)CC1. The highest BCUT2D eigenvalue weighted by Gasteiger charge is 2.53. The van der Waals surface area contributed by atoms with Gasteiger partial charge in [0.1, 0.15) is 5.75 Å². The molecule has 1 fully saturated rings. The van der Waals surface area contributed by atoms with Crippen LogP contribution < -0.4 is 0 Å². The van der Waals surface area contributed by atoms with Crippen molar-refractivity contribution >= 4 is 21.9 Å². The smallest absolute Gasteiger partial charge is 0.314 e. The molecule has 2 N–H and O–H groups in total. The zero-order valence-electron chi connectivity index (χ0n) is 7.33.